The van der Waals surface area contributed by atoms with Crippen LogP contribution < -0.4 is 9.47 Å². The fraction of sp³-hybridized carbons (Fsp3) is 0.581. The Morgan fingerprint density at radius 2 is 1.86 bits per heavy atom. The molecule has 0 bridgehead atoms. The fourth-order valence-corrected chi connectivity index (χ4v) is 7.14. The van der Waals surface area contributed by atoms with E-state index in [1.807, 2.05) is 13.0 Å². The Morgan fingerprint density at radius 1 is 1.11 bits per heavy atom. The van der Waals surface area contributed by atoms with Gasteiger partial charge in [0.15, 0.2) is 0 Å². The number of ether oxygens (including phenoxy) is 2. The summed E-state index contributed by atoms with van der Waals surface area (Å²) in [5.41, 5.74) is 4.46. The van der Waals surface area contributed by atoms with Crippen LogP contribution >= 0.6 is 11.6 Å². The summed E-state index contributed by atoms with van der Waals surface area (Å²) in [6.45, 7) is 8.90. The summed E-state index contributed by atoms with van der Waals surface area (Å²) in [7, 11) is 0. The Bertz CT molecular complexity index is 1210. The Labute approximate surface area is 225 Å². The molecule has 1 aliphatic carbocycles. The Morgan fingerprint density at radius 3 is 2.57 bits per heavy atom. The summed E-state index contributed by atoms with van der Waals surface area (Å²) in [5, 5.41) is 10.5. The van der Waals surface area contributed by atoms with E-state index in [9.17, 15) is 9.90 Å². The van der Waals surface area contributed by atoms with Crippen LogP contribution in [0.1, 0.15) is 81.0 Å². The van der Waals surface area contributed by atoms with Gasteiger partial charge in [0, 0.05) is 36.6 Å². The maximum Gasteiger partial charge on any atom is 0.306 e. The Hall–Kier alpha value is -2.24. The second-order valence-electron chi connectivity index (χ2n) is 12.5. The van der Waals surface area contributed by atoms with Crippen LogP contribution in [0.3, 0.4) is 0 Å². The van der Waals surface area contributed by atoms with Crippen LogP contribution in [0, 0.1) is 11.8 Å². The van der Waals surface area contributed by atoms with Gasteiger partial charge in [-0.25, -0.2) is 0 Å². The van der Waals surface area contributed by atoms with E-state index in [4.69, 9.17) is 21.1 Å². The number of hydrogen-bond acceptors (Lipinski definition) is 4. The third-order valence-electron chi connectivity index (χ3n) is 9.07. The average Bonchev–Trinajstić information content (AvgIpc) is 3.62. The molecular formula is C31H38ClNO4. The molecule has 198 valence electrons. The van der Waals surface area contributed by atoms with Gasteiger partial charge in [0.1, 0.15) is 22.7 Å². The quantitative estimate of drug-likeness (QED) is 0.460. The number of aliphatic carboxylic acids is 1. The van der Waals surface area contributed by atoms with Crippen LogP contribution in [-0.4, -0.2) is 40.3 Å². The summed E-state index contributed by atoms with van der Waals surface area (Å²) in [6, 6.07) is 10.6. The fourth-order valence-electron chi connectivity index (χ4n) is 6.88. The van der Waals surface area contributed by atoms with Crippen LogP contribution in [0.25, 0.3) is 0 Å². The molecular weight excluding hydrogens is 486 g/mol. The highest BCUT2D eigenvalue weighted by atomic mass is 35.5. The number of carboxylic acid groups (broad SMARTS) is 1. The van der Waals surface area contributed by atoms with E-state index in [0.29, 0.717) is 5.92 Å². The minimum Gasteiger partial charge on any atom is -0.487 e. The van der Waals surface area contributed by atoms with E-state index in [2.05, 4.69) is 43.0 Å². The van der Waals surface area contributed by atoms with E-state index in [1.54, 1.807) is 0 Å². The number of piperidine rings is 1. The Balaban J connectivity index is 1.15. The number of halogens is 1. The molecule has 1 unspecified atom stereocenters. The zero-order valence-electron chi connectivity index (χ0n) is 22.2. The molecule has 6 heteroatoms. The van der Waals surface area contributed by atoms with Gasteiger partial charge in [-0.05, 0) is 99.1 Å². The average molecular weight is 524 g/mol. The van der Waals surface area contributed by atoms with E-state index in [1.165, 1.54) is 16.7 Å². The molecule has 0 amide bonds. The molecule has 1 spiro atoms. The summed E-state index contributed by atoms with van der Waals surface area (Å²) in [6.07, 6.45) is 7.17. The monoisotopic (exact) mass is 523 g/mol. The normalized spacial score (nSPS) is 23.5. The van der Waals surface area contributed by atoms with Gasteiger partial charge in [-0.1, -0.05) is 30.7 Å². The van der Waals surface area contributed by atoms with Gasteiger partial charge >= 0.3 is 5.97 Å². The maximum atomic E-state index is 11.8. The number of hydrogen-bond donors (Lipinski definition) is 1. The summed E-state index contributed by atoms with van der Waals surface area (Å²) >= 11 is 6.47. The molecule has 5 nitrogen and oxygen atoms in total. The molecule has 1 N–H and O–H groups in total. The van der Waals surface area contributed by atoms with Crippen molar-refractivity contribution >= 4 is 17.6 Å². The van der Waals surface area contributed by atoms with Crippen molar-refractivity contribution in [2.75, 3.05) is 13.1 Å². The molecule has 2 aromatic carbocycles. The molecule has 1 saturated carbocycles. The van der Waals surface area contributed by atoms with E-state index in [0.717, 1.165) is 86.7 Å². The zero-order valence-corrected chi connectivity index (χ0v) is 22.9. The molecule has 2 fully saturated rings. The molecule has 37 heavy (non-hydrogen) atoms. The van der Waals surface area contributed by atoms with Gasteiger partial charge in [-0.3, -0.25) is 9.69 Å². The highest BCUT2D eigenvalue weighted by molar-refractivity contribution is 6.30. The third kappa shape index (κ3) is 4.97. The lowest BCUT2D eigenvalue weighted by atomic mass is 9.80. The van der Waals surface area contributed by atoms with Crippen molar-refractivity contribution in [1.29, 1.82) is 0 Å². The maximum absolute atomic E-state index is 11.8. The molecule has 2 atom stereocenters. The summed E-state index contributed by atoms with van der Waals surface area (Å²) < 4.78 is 13.1. The highest BCUT2D eigenvalue weighted by Crippen LogP contribution is 2.49. The number of nitrogens with zero attached hydrogens (tertiary/aromatic N) is 1. The topological polar surface area (TPSA) is 59.0 Å². The van der Waals surface area contributed by atoms with Crippen LogP contribution in [0.4, 0.5) is 0 Å². The third-order valence-corrected chi connectivity index (χ3v) is 9.29. The van der Waals surface area contributed by atoms with Crippen LogP contribution in [0.15, 0.2) is 30.3 Å². The molecule has 1 saturated heterocycles. The van der Waals surface area contributed by atoms with Gasteiger partial charge in [0.25, 0.3) is 0 Å². The van der Waals surface area contributed by atoms with Crippen molar-refractivity contribution in [2.24, 2.45) is 11.8 Å². The molecule has 4 aliphatic rings. The van der Waals surface area contributed by atoms with E-state index in [-0.39, 0.29) is 23.0 Å². The first-order valence-electron chi connectivity index (χ1n) is 13.9. The zero-order chi connectivity index (χ0) is 25.9. The van der Waals surface area contributed by atoms with Crippen molar-refractivity contribution < 1.29 is 19.4 Å². The van der Waals surface area contributed by atoms with Gasteiger partial charge in [0.2, 0.25) is 0 Å². The van der Waals surface area contributed by atoms with Crippen molar-refractivity contribution in [3.05, 3.63) is 57.6 Å². The number of aryl methyl sites for hydroxylation is 1. The van der Waals surface area contributed by atoms with Gasteiger partial charge in [-0.2, -0.15) is 0 Å². The highest BCUT2D eigenvalue weighted by Gasteiger charge is 2.42. The molecule has 2 aromatic rings. The van der Waals surface area contributed by atoms with Gasteiger partial charge in [0.05, 0.1) is 5.92 Å². The number of carboxylic acids is 1. The molecule has 0 radical (unpaired) electrons. The number of fused-ring (bicyclic) bond motifs is 2. The van der Waals surface area contributed by atoms with E-state index < -0.39 is 5.97 Å². The van der Waals surface area contributed by atoms with Crippen LogP contribution in [-0.2, 0) is 24.2 Å². The standard InChI is InChI=1S/C31H38ClNO4/c1-19(29(34)35)27(21-5-6-21)22-7-4-20-8-9-31(36-26(20)16-22)10-12-33(13-11-31)18-24-15-25(32)14-23-17-30(2,3)37-28(23)24/h4,7,14-16,19,21,27H,5-6,8-13,17-18H2,1-3H3,(H,34,35)/t19-,27?/m0/s1. The van der Waals surface area contributed by atoms with Gasteiger partial charge in [-0.15, -0.1) is 0 Å². The molecule has 3 aliphatic heterocycles. The van der Waals surface area contributed by atoms with Crippen LogP contribution in [0.5, 0.6) is 11.5 Å². The second kappa shape index (κ2) is 9.20. The number of carbonyl (C=O) groups is 1. The molecule has 0 aromatic heterocycles. The van der Waals surface area contributed by atoms with Crippen molar-refractivity contribution in [1.82, 2.24) is 4.90 Å². The SMILES string of the molecule is C[C@H](C(=O)O)C(c1ccc2c(c1)OC1(CC2)CCN(Cc2cc(Cl)cc3c2OC(C)(C)C3)CC1)C1CC1. The second-order valence-corrected chi connectivity index (χ2v) is 12.9. The summed E-state index contributed by atoms with van der Waals surface area (Å²) in [5.74, 6) is 1.45. The van der Waals surface area contributed by atoms with Crippen molar-refractivity contribution in [3.8, 4) is 11.5 Å². The first-order chi connectivity index (χ1) is 17.6. The van der Waals surface area contributed by atoms with Crippen molar-refractivity contribution in [2.45, 2.75) is 89.4 Å². The van der Waals surface area contributed by atoms with E-state index >= 15 is 0 Å². The lowest BCUT2D eigenvalue weighted by molar-refractivity contribution is -0.142. The minimum absolute atomic E-state index is 0.0674. The molecule has 3 heterocycles. The smallest absolute Gasteiger partial charge is 0.306 e. The van der Waals surface area contributed by atoms with Crippen molar-refractivity contribution in [3.63, 3.8) is 0 Å². The first-order valence-corrected chi connectivity index (χ1v) is 14.3. The summed E-state index contributed by atoms with van der Waals surface area (Å²) in [4.78, 5) is 14.3. The number of benzene rings is 2. The number of likely N-dealkylation sites (tertiary alicyclic amines) is 1. The van der Waals surface area contributed by atoms with Gasteiger partial charge < -0.3 is 14.6 Å². The Kier molecular flexibility index (Phi) is 6.23. The van der Waals surface area contributed by atoms with Crippen LogP contribution in [0.2, 0.25) is 5.02 Å². The lowest BCUT2D eigenvalue weighted by Crippen LogP contribution is -2.49. The minimum atomic E-state index is -0.710. The predicted octanol–water partition coefficient (Wildman–Crippen LogP) is 6.63. The first kappa shape index (κ1) is 25.1. The number of rotatable bonds is 6. The predicted molar refractivity (Wildman–Crippen MR) is 145 cm³/mol. The lowest BCUT2D eigenvalue weighted by Gasteiger charge is -2.45. The largest absolute Gasteiger partial charge is 0.487 e. The molecule has 6 rings (SSSR count).